The Balaban J connectivity index is 1.68. The molecule has 0 aromatic heterocycles. The predicted octanol–water partition coefficient (Wildman–Crippen LogP) is 4.30. The van der Waals surface area contributed by atoms with Crippen molar-refractivity contribution in [3.05, 3.63) is 35.4 Å². The van der Waals surface area contributed by atoms with Gasteiger partial charge in [0.05, 0.1) is 18.8 Å². The number of aliphatic hydroxyl groups is 1. The van der Waals surface area contributed by atoms with Gasteiger partial charge in [-0.05, 0) is 43.1 Å². The van der Waals surface area contributed by atoms with Gasteiger partial charge < -0.3 is 14.6 Å². The van der Waals surface area contributed by atoms with Crippen molar-refractivity contribution in [3.8, 4) is 0 Å². The summed E-state index contributed by atoms with van der Waals surface area (Å²) in [5.41, 5.74) is 1.82. The van der Waals surface area contributed by atoms with E-state index >= 15 is 0 Å². The Labute approximate surface area is 133 Å². The second kappa shape index (κ2) is 6.31. The summed E-state index contributed by atoms with van der Waals surface area (Å²) in [5, 5.41) is 11.0. The van der Waals surface area contributed by atoms with Crippen LogP contribution in [0, 0.1) is 5.41 Å². The molecule has 0 amide bonds. The van der Waals surface area contributed by atoms with Gasteiger partial charge in [-0.15, -0.1) is 0 Å². The minimum absolute atomic E-state index is 0.233. The summed E-state index contributed by atoms with van der Waals surface area (Å²) in [4.78, 5) is 0. The Morgan fingerprint density at radius 3 is 2.18 bits per heavy atom. The van der Waals surface area contributed by atoms with Crippen LogP contribution >= 0.6 is 0 Å². The quantitative estimate of drug-likeness (QED) is 0.901. The molecule has 3 heteroatoms. The standard InChI is InChI=1S/C19H28O3/c1-3-8-18(2)9-11-19(20,12-10-18)16-6-4-15(5-7-16)17-21-13-14-22-17/h4-7,17,20H,3,8-14H2,1-2H3. The maximum atomic E-state index is 11.0. The minimum Gasteiger partial charge on any atom is -0.385 e. The summed E-state index contributed by atoms with van der Waals surface area (Å²) >= 11 is 0. The molecule has 0 bridgehead atoms. The van der Waals surface area contributed by atoms with Gasteiger partial charge in [-0.25, -0.2) is 0 Å². The fourth-order valence-electron chi connectivity index (χ4n) is 3.91. The molecule has 0 atom stereocenters. The van der Waals surface area contributed by atoms with E-state index in [0.717, 1.165) is 36.8 Å². The molecule has 1 heterocycles. The molecule has 1 N–H and O–H groups in total. The molecule has 1 saturated carbocycles. The van der Waals surface area contributed by atoms with Gasteiger partial charge in [0.15, 0.2) is 6.29 Å². The van der Waals surface area contributed by atoms with E-state index < -0.39 is 5.60 Å². The van der Waals surface area contributed by atoms with Gasteiger partial charge in [0.25, 0.3) is 0 Å². The highest BCUT2D eigenvalue weighted by molar-refractivity contribution is 5.28. The number of hydrogen-bond acceptors (Lipinski definition) is 3. The smallest absolute Gasteiger partial charge is 0.184 e. The molecule has 2 fully saturated rings. The van der Waals surface area contributed by atoms with Gasteiger partial charge in [-0.3, -0.25) is 0 Å². The monoisotopic (exact) mass is 304 g/mol. The highest BCUT2D eigenvalue weighted by atomic mass is 16.7. The van der Waals surface area contributed by atoms with Crippen LogP contribution in [0.1, 0.15) is 69.8 Å². The Bertz CT molecular complexity index is 480. The highest BCUT2D eigenvalue weighted by Crippen LogP contribution is 2.47. The van der Waals surface area contributed by atoms with E-state index in [4.69, 9.17) is 9.47 Å². The van der Waals surface area contributed by atoms with E-state index in [0.29, 0.717) is 18.6 Å². The minimum atomic E-state index is -0.664. The van der Waals surface area contributed by atoms with Gasteiger partial charge in [-0.2, -0.15) is 0 Å². The Morgan fingerprint density at radius 1 is 1.05 bits per heavy atom. The molecule has 0 unspecified atom stereocenters. The predicted molar refractivity (Wildman–Crippen MR) is 86.5 cm³/mol. The first-order valence-corrected chi connectivity index (χ1v) is 8.61. The summed E-state index contributed by atoms with van der Waals surface area (Å²) in [6.45, 7) is 5.94. The summed E-state index contributed by atoms with van der Waals surface area (Å²) in [5.74, 6) is 0. The van der Waals surface area contributed by atoms with E-state index in [1.807, 2.05) is 24.3 Å². The molecule has 1 aromatic carbocycles. The largest absolute Gasteiger partial charge is 0.385 e. The van der Waals surface area contributed by atoms with Crippen LogP contribution in [0.3, 0.4) is 0 Å². The van der Waals surface area contributed by atoms with E-state index in [-0.39, 0.29) is 6.29 Å². The van der Waals surface area contributed by atoms with Gasteiger partial charge in [0.2, 0.25) is 0 Å². The maximum Gasteiger partial charge on any atom is 0.184 e. The van der Waals surface area contributed by atoms with Crippen molar-refractivity contribution in [3.63, 3.8) is 0 Å². The Kier molecular flexibility index (Phi) is 4.58. The van der Waals surface area contributed by atoms with Crippen LogP contribution < -0.4 is 0 Å². The van der Waals surface area contributed by atoms with E-state index in [2.05, 4.69) is 13.8 Å². The van der Waals surface area contributed by atoms with Crippen molar-refractivity contribution in [1.29, 1.82) is 0 Å². The fraction of sp³-hybridized carbons (Fsp3) is 0.684. The zero-order chi connectivity index (χ0) is 15.6. The summed E-state index contributed by atoms with van der Waals surface area (Å²) in [6, 6.07) is 8.15. The van der Waals surface area contributed by atoms with E-state index in [9.17, 15) is 5.11 Å². The van der Waals surface area contributed by atoms with Gasteiger partial charge in [0.1, 0.15) is 0 Å². The summed E-state index contributed by atoms with van der Waals surface area (Å²) < 4.78 is 11.0. The normalized spacial score (nSPS) is 33.2. The lowest BCUT2D eigenvalue weighted by Gasteiger charge is -2.42. The van der Waals surface area contributed by atoms with Gasteiger partial charge >= 0.3 is 0 Å². The zero-order valence-corrected chi connectivity index (χ0v) is 13.8. The molecule has 3 nitrogen and oxygen atoms in total. The second-order valence-corrected chi connectivity index (χ2v) is 7.29. The molecular formula is C19H28O3. The number of ether oxygens (including phenoxy) is 2. The van der Waals surface area contributed by atoms with Crippen molar-refractivity contribution < 1.29 is 14.6 Å². The lowest BCUT2D eigenvalue weighted by Crippen LogP contribution is -2.35. The Hall–Kier alpha value is -0.900. The van der Waals surface area contributed by atoms with Crippen molar-refractivity contribution in [1.82, 2.24) is 0 Å². The van der Waals surface area contributed by atoms with E-state index in [1.165, 1.54) is 12.8 Å². The molecule has 3 rings (SSSR count). The van der Waals surface area contributed by atoms with Crippen molar-refractivity contribution in [2.75, 3.05) is 13.2 Å². The molecular weight excluding hydrogens is 276 g/mol. The average Bonchev–Trinajstić information content (AvgIpc) is 3.06. The number of rotatable bonds is 4. The Morgan fingerprint density at radius 2 is 1.64 bits per heavy atom. The van der Waals surface area contributed by atoms with Crippen LogP contribution in [0.15, 0.2) is 24.3 Å². The maximum absolute atomic E-state index is 11.0. The SMILES string of the molecule is CCCC1(C)CCC(O)(c2ccc(C3OCCO3)cc2)CC1. The summed E-state index contributed by atoms with van der Waals surface area (Å²) in [7, 11) is 0. The van der Waals surface area contributed by atoms with Crippen LogP contribution in [0.25, 0.3) is 0 Å². The first-order valence-electron chi connectivity index (χ1n) is 8.61. The second-order valence-electron chi connectivity index (χ2n) is 7.29. The van der Waals surface area contributed by atoms with Crippen LogP contribution in [-0.4, -0.2) is 18.3 Å². The molecule has 1 aromatic rings. The number of benzene rings is 1. The fourth-order valence-corrected chi connectivity index (χ4v) is 3.91. The lowest BCUT2D eigenvalue weighted by atomic mass is 9.66. The highest BCUT2D eigenvalue weighted by Gasteiger charge is 2.39. The van der Waals surface area contributed by atoms with Crippen molar-refractivity contribution in [2.45, 2.75) is 64.3 Å². The third kappa shape index (κ3) is 3.22. The first-order chi connectivity index (χ1) is 10.5. The van der Waals surface area contributed by atoms with Gasteiger partial charge in [0, 0.05) is 5.56 Å². The van der Waals surface area contributed by atoms with Gasteiger partial charge in [-0.1, -0.05) is 44.5 Å². The van der Waals surface area contributed by atoms with Crippen molar-refractivity contribution >= 4 is 0 Å². The van der Waals surface area contributed by atoms with Crippen LogP contribution in [-0.2, 0) is 15.1 Å². The van der Waals surface area contributed by atoms with Crippen LogP contribution in [0.5, 0.6) is 0 Å². The molecule has 0 spiro atoms. The first kappa shape index (κ1) is 16.0. The molecule has 1 aliphatic heterocycles. The topological polar surface area (TPSA) is 38.7 Å². The third-order valence-corrected chi connectivity index (χ3v) is 5.48. The molecule has 1 aliphatic carbocycles. The molecule has 22 heavy (non-hydrogen) atoms. The number of hydrogen-bond donors (Lipinski definition) is 1. The lowest BCUT2D eigenvalue weighted by molar-refractivity contribution is -0.0450. The van der Waals surface area contributed by atoms with Crippen LogP contribution in [0.2, 0.25) is 0 Å². The molecule has 2 aliphatic rings. The summed E-state index contributed by atoms with van der Waals surface area (Å²) in [6.07, 6.45) is 6.19. The molecule has 1 saturated heterocycles. The zero-order valence-electron chi connectivity index (χ0n) is 13.8. The average molecular weight is 304 g/mol. The molecule has 122 valence electrons. The van der Waals surface area contributed by atoms with Crippen molar-refractivity contribution in [2.24, 2.45) is 5.41 Å². The molecule has 0 radical (unpaired) electrons. The van der Waals surface area contributed by atoms with E-state index in [1.54, 1.807) is 0 Å². The van der Waals surface area contributed by atoms with Crippen LogP contribution in [0.4, 0.5) is 0 Å². The third-order valence-electron chi connectivity index (χ3n) is 5.48.